The molecule has 0 unspecified atom stereocenters. The number of anilines is 1. The molecule has 0 radical (unpaired) electrons. The van der Waals surface area contributed by atoms with E-state index in [-0.39, 0.29) is 4.90 Å². The van der Waals surface area contributed by atoms with Gasteiger partial charge in [0, 0.05) is 6.07 Å². The molecule has 2 aromatic carbocycles. The van der Waals surface area contributed by atoms with Gasteiger partial charge in [-0.15, -0.1) is 0 Å². The highest BCUT2D eigenvalue weighted by Gasteiger charge is 2.14. The van der Waals surface area contributed by atoms with Crippen molar-refractivity contribution in [3.05, 3.63) is 48.0 Å². The summed E-state index contributed by atoms with van der Waals surface area (Å²) in [5, 5.41) is 0. The summed E-state index contributed by atoms with van der Waals surface area (Å²) in [5.41, 5.74) is 7.29. The smallest absolute Gasteiger partial charge is 0.240 e. The van der Waals surface area contributed by atoms with Crippen molar-refractivity contribution in [1.82, 2.24) is 4.72 Å². The van der Waals surface area contributed by atoms with Gasteiger partial charge in [0.25, 0.3) is 0 Å². The molecule has 2 aromatic rings. The SMILES string of the molecule is CCc1ccccc1Oc1cc(S(=O)(=O)NC)ccc1N. The zero-order valence-corrected chi connectivity index (χ0v) is 12.8. The second-order valence-corrected chi connectivity index (χ2v) is 6.36. The third kappa shape index (κ3) is 3.34. The summed E-state index contributed by atoms with van der Waals surface area (Å²) in [4.78, 5) is 0.114. The number of ether oxygens (including phenoxy) is 1. The Hall–Kier alpha value is -2.05. The molecule has 0 saturated carbocycles. The molecule has 0 bridgehead atoms. The van der Waals surface area contributed by atoms with Crippen molar-refractivity contribution in [2.45, 2.75) is 18.2 Å². The summed E-state index contributed by atoms with van der Waals surface area (Å²) in [5.74, 6) is 0.998. The quantitative estimate of drug-likeness (QED) is 0.832. The van der Waals surface area contributed by atoms with E-state index in [1.54, 1.807) is 0 Å². The minimum Gasteiger partial charge on any atom is -0.455 e. The number of hydrogen-bond donors (Lipinski definition) is 2. The molecule has 5 nitrogen and oxygen atoms in total. The Morgan fingerprint density at radius 1 is 1.14 bits per heavy atom. The van der Waals surface area contributed by atoms with E-state index in [0.717, 1.165) is 12.0 Å². The maximum absolute atomic E-state index is 11.8. The highest BCUT2D eigenvalue weighted by molar-refractivity contribution is 7.89. The van der Waals surface area contributed by atoms with Gasteiger partial charge >= 0.3 is 0 Å². The molecule has 0 aliphatic carbocycles. The molecule has 112 valence electrons. The Morgan fingerprint density at radius 3 is 2.52 bits per heavy atom. The molecule has 0 aromatic heterocycles. The van der Waals surface area contributed by atoms with Crippen LogP contribution >= 0.6 is 0 Å². The lowest BCUT2D eigenvalue weighted by atomic mass is 10.1. The van der Waals surface area contributed by atoms with Crippen molar-refractivity contribution in [3.8, 4) is 11.5 Å². The highest BCUT2D eigenvalue weighted by Crippen LogP contribution is 2.31. The van der Waals surface area contributed by atoms with Crippen molar-refractivity contribution in [2.24, 2.45) is 0 Å². The van der Waals surface area contributed by atoms with E-state index in [9.17, 15) is 8.42 Å². The zero-order chi connectivity index (χ0) is 15.5. The number of aryl methyl sites for hydroxylation is 1. The van der Waals surface area contributed by atoms with E-state index < -0.39 is 10.0 Å². The van der Waals surface area contributed by atoms with E-state index in [4.69, 9.17) is 10.5 Å². The van der Waals surface area contributed by atoms with Crippen LogP contribution in [0, 0.1) is 0 Å². The van der Waals surface area contributed by atoms with Gasteiger partial charge in [0.05, 0.1) is 10.6 Å². The van der Waals surface area contributed by atoms with Crippen molar-refractivity contribution >= 4 is 15.7 Å². The van der Waals surface area contributed by atoms with Crippen LogP contribution in [0.25, 0.3) is 0 Å². The molecule has 0 saturated heterocycles. The first-order chi connectivity index (χ1) is 9.97. The first kappa shape index (κ1) is 15.3. The fourth-order valence-corrected chi connectivity index (χ4v) is 2.65. The molecular weight excluding hydrogens is 288 g/mol. The van der Waals surface area contributed by atoms with Gasteiger partial charge in [0.15, 0.2) is 5.75 Å². The number of nitrogens with one attached hydrogen (secondary N) is 1. The molecule has 0 spiro atoms. The van der Waals surface area contributed by atoms with Gasteiger partial charge in [-0.3, -0.25) is 0 Å². The topological polar surface area (TPSA) is 81.4 Å². The third-order valence-electron chi connectivity index (χ3n) is 3.14. The summed E-state index contributed by atoms with van der Waals surface area (Å²) >= 11 is 0. The maximum atomic E-state index is 11.8. The van der Waals surface area contributed by atoms with Gasteiger partial charge < -0.3 is 10.5 Å². The molecular formula is C15H18N2O3S. The van der Waals surface area contributed by atoms with Gasteiger partial charge in [-0.05, 0) is 37.2 Å². The molecule has 0 fully saturated rings. The lowest BCUT2D eigenvalue weighted by Gasteiger charge is -2.13. The normalized spacial score (nSPS) is 11.3. The van der Waals surface area contributed by atoms with Gasteiger partial charge in [0.2, 0.25) is 10.0 Å². The van der Waals surface area contributed by atoms with Crippen molar-refractivity contribution < 1.29 is 13.2 Å². The molecule has 0 heterocycles. The van der Waals surface area contributed by atoms with Gasteiger partial charge in [0.1, 0.15) is 5.75 Å². The van der Waals surface area contributed by atoms with Crippen molar-refractivity contribution in [2.75, 3.05) is 12.8 Å². The molecule has 0 amide bonds. The number of benzene rings is 2. The van der Waals surface area contributed by atoms with Crippen LogP contribution in [-0.2, 0) is 16.4 Å². The first-order valence-electron chi connectivity index (χ1n) is 6.56. The van der Waals surface area contributed by atoms with Gasteiger partial charge in [-0.2, -0.15) is 0 Å². The standard InChI is InChI=1S/C15H18N2O3S/c1-3-11-6-4-5-7-14(11)20-15-10-12(8-9-13(15)16)21(18,19)17-2/h4-10,17H,3,16H2,1-2H3. The predicted octanol–water partition coefficient (Wildman–Crippen LogP) is 2.53. The number of rotatable bonds is 5. The molecule has 3 N–H and O–H groups in total. The summed E-state index contributed by atoms with van der Waals surface area (Å²) < 4.78 is 31.7. The Labute approximate surface area is 124 Å². The Balaban J connectivity index is 2.43. The number of nitrogen functional groups attached to an aromatic ring is 1. The van der Waals surface area contributed by atoms with Crippen LogP contribution < -0.4 is 15.2 Å². The van der Waals surface area contributed by atoms with Crippen LogP contribution in [-0.4, -0.2) is 15.5 Å². The summed E-state index contributed by atoms with van der Waals surface area (Å²) in [6.07, 6.45) is 0.810. The van der Waals surface area contributed by atoms with E-state index in [1.807, 2.05) is 31.2 Å². The van der Waals surface area contributed by atoms with E-state index in [2.05, 4.69) is 4.72 Å². The average molecular weight is 306 g/mol. The lowest BCUT2D eigenvalue weighted by Crippen LogP contribution is -2.18. The monoisotopic (exact) mass is 306 g/mol. The Morgan fingerprint density at radius 2 is 1.86 bits per heavy atom. The summed E-state index contributed by atoms with van der Waals surface area (Å²) in [7, 11) is -2.17. The molecule has 0 atom stereocenters. The molecule has 6 heteroatoms. The van der Waals surface area contributed by atoms with Crippen LogP contribution in [0.1, 0.15) is 12.5 Å². The summed E-state index contributed by atoms with van der Waals surface area (Å²) in [6, 6.07) is 12.0. The number of nitrogens with two attached hydrogens (primary N) is 1. The Bertz CT molecular complexity index is 742. The third-order valence-corrected chi connectivity index (χ3v) is 4.55. The van der Waals surface area contributed by atoms with E-state index >= 15 is 0 Å². The average Bonchev–Trinajstić information content (AvgIpc) is 2.49. The predicted molar refractivity (Wildman–Crippen MR) is 83.0 cm³/mol. The second-order valence-electron chi connectivity index (χ2n) is 4.47. The van der Waals surface area contributed by atoms with E-state index in [1.165, 1.54) is 25.2 Å². The van der Waals surface area contributed by atoms with Crippen LogP contribution in [0.15, 0.2) is 47.4 Å². The number of sulfonamides is 1. The van der Waals surface area contributed by atoms with Gasteiger partial charge in [-0.25, -0.2) is 13.1 Å². The van der Waals surface area contributed by atoms with Gasteiger partial charge in [-0.1, -0.05) is 25.1 Å². The van der Waals surface area contributed by atoms with E-state index in [0.29, 0.717) is 17.2 Å². The second kappa shape index (κ2) is 6.15. The molecule has 2 rings (SSSR count). The van der Waals surface area contributed by atoms with Crippen LogP contribution in [0.4, 0.5) is 5.69 Å². The number of para-hydroxylation sites is 1. The maximum Gasteiger partial charge on any atom is 0.240 e. The van der Waals surface area contributed by atoms with Crippen LogP contribution in [0.5, 0.6) is 11.5 Å². The molecule has 0 aliphatic rings. The fraction of sp³-hybridized carbons (Fsp3) is 0.200. The van der Waals surface area contributed by atoms with Crippen molar-refractivity contribution in [3.63, 3.8) is 0 Å². The number of hydrogen-bond acceptors (Lipinski definition) is 4. The molecule has 0 aliphatic heterocycles. The molecule has 21 heavy (non-hydrogen) atoms. The van der Waals surface area contributed by atoms with Crippen LogP contribution in [0.3, 0.4) is 0 Å². The largest absolute Gasteiger partial charge is 0.455 e. The zero-order valence-electron chi connectivity index (χ0n) is 12.0. The fourth-order valence-electron chi connectivity index (χ4n) is 1.90. The van der Waals surface area contributed by atoms with Crippen molar-refractivity contribution in [1.29, 1.82) is 0 Å². The Kier molecular flexibility index (Phi) is 4.50. The lowest BCUT2D eigenvalue weighted by molar-refractivity contribution is 0.477. The minimum absolute atomic E-state index is 0.114. The van der Waals surface area contributed by atoms with Crippen LogP contribution in [0.2, 0.25) is 0 Å². The highest BCUT2D eigenvalue weighted by atomic mass is 32.2. The first-order valence-corrected chi connectivity index (χ1v) is 8.05. The summed E-state index contributed by atoms with van der Waals surface area (Å²) in [6.45, 7) is 2.02. The minimum atomic E-state index is -3.53.